The number of nitrogens with zero attached hydrogens (tertiary/aromatic N) is 1. The lowest BCUT2D eigenvalue weighted by Gasteiger charge is -1.95. The summed E-state index contributed by atoms with van der Waals surface area (Å²) < 4.78 is 0. The van der Waals surface area contributed by atoms with Crippen LogP contribution in [0.1, 0.15) is 20.8 Å². The zero-order valence-electron chi connectivity index (χ0n) is 6.15. The average molecular weight is 165 g/mol. The zero-order valence-corrected chi connectivity index (χ0v) is 6.15. The maximum absolute atomic E-state index is 10.5. The predicted molar refractivity (Wildman–Crippen MR) is 41.3 cm³/mol. The van der Waals surface area contributed by atoms with Gasteiger partial charge in [-0.1, -0.05) is 0 Å². The number of nitrogens with two attached hydrogens (primary N) is 2. The number of carbonyl (C=O) groups is 2. The Kier molecular flexibility index (Phi) is 2.05. The molecule has 0 aromatic carbocycles. The summed E-state index contributed by atoms with van der Waals surface area (Å²) in [6.07, 6.45) is 1.21. The molecule has 0 radical (unpaired) electrons. The second kappa shape index (κ2) is 3.00. The topological polar surface area (TPSA) is 99.1 Å². The largest absolute Gasteiger partial charge is 0.366 e. The zero-order chi connectivity index (χ0) is 9.14. The minimum Gasteiger partial charge on any atom is -0.366 e. The van der Waals surface area contributed by atoms with Gasteiger partial charge in [-0.15, -0.1) is 0 Å². The van der Waals surface area contributed by atoms with E-state index in [1.54, 1.807) is 0 Å². The summed E-state index contributed by atoms with van der Waals surface area (Å²) in [5.41, 5.74) is 10.2. The highest BCUT2D eigenvalue weighted by Crippen LogP contribution is 1.97. The van der Waals surface area contributed by atoms with Crippen molar-refractivity contribution in [2.75, 3.05) is 0 Å². The summed E-state index contributed by atoms with van der Waals surface area (Å²) in [7, 11) is 0. The highest BCUT2D eigenvalue weighted by molar-refractivity contribution is 5.94. The normalized spacial score (nSPS) is 9.33. The molecule has 62 valence electrons. The fourth-order valence-corrected chi connectivity index (χ4v) is 0.685. The third kappa shape index (κ3) is 1.57. The summed E-state index contributed by atoms with van der Waals surface area (Å²) in [5.74, 6) is -1.22. The fourth-order valence-electron chi connectivity index (χ4n) is 0.685. The van der Waals surface area contributed by atoms with E-state index in [1.165, 1.54) is 18.3 Å². The summed E-state index contributed by atoms with van der Waals surface area (Å²) >= 11 is 0. The van der Waals surface area contributed by atoms with E-state index < -0.39 is 11.8 Å². The summed E-state index contributed by atoms with van der Waals surface area (Å²) in [6.45, 7) is 0. The minimum absolute atomic E-state index is 0.111. The Bertz CT molecular complexity index is 285. The third-order valence-corrected chi connectivity index (χ3v) is 1.30. The van der Waals surface area contributed by atoms with Crippen molar-refractivity contribution in [3.8, 4) is 0 Å². The number of aromatic nitrogens is 1. The number of hydrogen-bond acceptors (Lipinski definition) is 3. The van der Waals surface area contributed by atoms with E-state index >= 15 is 0 Å². The average Bonchev–Trinajstić information content (AvgIpc) is 2.04. The SMILES string of the molecule is NC(=O)c1ccc(C(N)=O)nc1. The quantitative estimate of drug-likeness (QED) is 0.604. The van der Waals surface area contributed by atoms with E-state index in [4.69, 9.17) is 11.5 Å². The van der Waals surface area contributed by atoms with Crippen LogP contribution < -0.4 is 11.5 Å². The van der Waals surface area contributed by atoms with Crippen molar-refractivity contribution in [2.24, 2.45) is 11.5 Å². The lowest BCUT2D eigenvalue weighted by atomic mass is 10.2. The standard InChI is InChI=1S/C7H7N3O2/c8-6(11)4-1-2-5(7(9)12)10-3-4/h1-3H,(H2,8,11)(H2,9,12). The lowest BCUT2D eigenvalue weighted by Crippen LogP contribution is -2.15. The molecule has 1 aromatic rings. The van der Waals surface area contributed by atoms with Crippen LogP contribution in [0.2, 0.25) is 0 Å². The summed E-state index contributed by atoms with van der Waals surface area (Å²) in [6, 6.07) is 2.75. The molecule has 4 N–H and O–H groups in total. The maximum Gasteiger partial charge on any atom is 0.267 e. The van der Waals surface area contributed by atoms with Crippen LogP contribution in [0.3, 0.4) is 0 Å². The minimum atomic E-state index is -0.633. The van der Waals surface area contributed by atoms with Gasteiger partial charge in [-0.2, -0.15) is 0 Å². The van der Waals surface area contributed by atoms with Crippen LogP contribution in [0.25, 0.3) is 0 Å². The first kappa shape index (κ1) is 8.19. The molecule has 1 rings (SSSR count). The summed E-state index contributed by atoms with van der Waals surface area (Å²) in [5, 5.41) is 0. The van der Waals surface area contributed by atoms with Gasteiger partial charge in [0.2, 0.25) is 5.91 Å². The Morgan fingerprint density at radius 3 is 2.17 bits per heavy atom. The number of hydrogen-bond donors (Lipinski definition) is 2. The monoisotopic (exact) mass is 165 g/mol. The first-order chi connectivity index (χ1) is 5.61. The number of rotatable bonds is 2. The molecule has 1 heterocycles. The van der Waals surface area contributed by atoms with Gasteiger partial charge in [-0.3, -0.25) is 14.6 Å². The Labute approximate surface area is 68.4 Å². The van der Waals surface area contributed by atoms with E-state index in [1.807, 2.05) is 0 Å². The van der Waals surface area contributed by atoms with Crippen molar-refractivity contribution in [3.63, 3.8) is 0 Å². The molecule has 0 spiro atoms. The molecule has 5 heteroatoms. The molecule has 0 saturated carbocycles. The van der Waals surface area contributed by atoms with Gasteiger partial charge in [-0.05, 0) is 12.1 Å². The van der Waals surface area contributed by atoms with Crippen molar-refractivity contribution >= 4 is 11.8 Å². The van der Waals surface area contributed by atoms with Gasteiger partial charge in [0, 0.05) is 6.20 Å². The Hall–Kier alpha value is -1.91. The van der Waals surface area contributed by atoms with Crippen molar-refractivity contribution in [1.29, 1.82) is 0 Å². The van der Waals surface area contributed by atoms with E-state index in [-0.39, 0.29) is 11.3 Å². The second-order valence-electron chi connectivity index (χ2n) is 2.16. The lowest BCUT2D eigenvalue weighted by molar-refractivity contribution is 0.0984. The molecule has 0 aliphatic carbocycles. The molecule has 1 aromatic heterocycles. The molecule has 0 saturated heterocycles. The first-order valence-corrected chi connectivity index (χ1v) is 3.17. The van der Waals surface area contributed by atoms with Gasteiger partial charge >= 0.3 is 0 Å². The van der Waals surface area contributed by atoms with Crippen LogP contribution in [0, 0.1) is 0 Å². The number of pyridine rings is 1. The highest BCUT2D eigenvalue weighted by atomic mass is 16.1. The smallest absolute Gasteiger partial charge is 0.267 e. The Morgan fingerprint density at radius 1 is 1.17 bits per heavy atom. The van der Waals surface area contributed by atoms with Crippen molar-refractivity contribution in [2.45, 2.75) is 0 Å². The van der Waals surface area contributed by atoms with Crippen LogP contribution in [-0.2, 0) is 0 Å². The molecule has 2 amide bonds. The van der Waals surface area contributed by atoms with E-state index in [9.17, 15) is 9.59 Å². The number of carbonyl (C=O) groups excluding carboxylic acids is 2. The third-order valence-electron chi connectivity index (χ3n) is 1.30. The van der Waals surface area contributed by atoms with Gasteiger partial charge in [0.15, 0.2) is 0 Å². The van der Waals surface area contributed by atoms with Crippen LogP contribution in [0.4, 0.5) is 0 Å². The molecule has 0 aliphatic heterocycles. The molecule has 0 unspecified atom stereocenters. The van der Waals surface area contributed by atoms with Gasteiger partial charge < -0.3 is 11.5 Å². The molecule has 0 aliphatic rings. The predicted octanol–water partition coefficient (Wildman–Crippen LogP) is -0.721. The van der Waals surface area contributed by atoms with Crippen LogP contribution >= 0.6 is 0 Å². The van der Waals surface area contributed by atoms with Gasteiger partial charge in [0.05, 0.1) is 5.56 Å². The Morgan fingerprint density at radius 2 is 1.83 bits per heavy atom. The molecular weight excluding hydrogens is 158 g/mol. The maximum atomic E-state index is 10.5. The second-order valence-corrected chi connectivity index (χ2v) is 2.16. The van der Waals surface area contributed by atoms with Gasteiger partial charge in [0.25, 0.3) is 5.91 Å². The number of primary amides is 2. The Balaban J connectivity index is 3.01. The highest BCUT2D eigenvalue weighted by Gasteiger charge is 2.03. The molecule has 0 bridgehead atoms. The molecule has 0 atom stereocenters. The van der Waals surface area contributed by atoms with Crippen molar-refractivity contribution < 1.29 is 9.59 Å². The van der Waals surface area contributed by atoms with Gasteiger partial charge in [0.1, 0.15) is 5.69 Å². The molecular formula is C7H7N3O2. The van der Waals surface area contributed by atoms with Gasteiger partial charge in [-0.25, -0.2) is 0 Å². The van der Waals surface area contributed by atoms with E-state index in [2.05, 4.69) is 4.98 Å². The van der Waals surface area contributed by atoms with Crippen LogP contribution in [0.5, 0.6) is 0 Å². The number of amides is 2. The molecule has 0 fully saturated rings. The first-order valence-electron chi connectivity index (χ1n) is 3.17. The fraction of sp³-hybridized carbons (Fsp3) is 0. The van der Waals surface area contributed by atoms with E-state index in [0.717, 1.165) is 0 Å². The van der Waals surface area contributed by atoms with Crippen LogP contribution in [0.15, 0.2) is 18.3 Å². The summed E-state index contributed by atoms with van der Waals surface area (Å²) in [4.78, 5) is 24.7. The molecule has 12 heavy (non-hydrogen) atoms. The van der Waals surface area contributed by atoms with Crippen molar-refractivity contribution in [1.82, 2.24) is 4.98 Å². The van der Waals surface area contributed by atoms with E-state index in [0.29, 0.717) is 0 Å². The molecule has 5 nitrogen and oxygen atoms in total. The van der Waals surface area contributed by atoms with Crippen LogP contribution in [-0.4, -0.2) is 16.8 Å². The van der Waals surface area contributed by atoms with Crippen molar-refractivity contribution in [3.05, 3.63) is 29.6 Å².